The van der Waals surface area contributed by atoms with E-state index in [-0.39, 0.29) is 0 Å². The first-order chi connectivity index (χ1) is 18.2. The molecule has 0 aromatic heterocycles. The Kier molecular flexibility index (Phi) is 3.51. The minimum atomic E-state index is -3.34. The van der Waals surface area contributed by atoms with Crippen molar-refractivity contribution >= 4 is 61.7 Å². The third-order valence-corrected chi connectivity index (χ3v) is 10.9. The van der Waals surface area contributed by atoms with Crippen molar-refractivity contribution in [1.29, 1.82) is 0 Å². The van der Waals surface area contributed by atoms with Crippen LogP contribution in [0.15, 0.2) is 109 Å². The quantitative estimate of drug-likeness (QED) is 0.220. The minimum Gasteiger partial charge on any atom is -0.455 e. The van der Waals surface area contributed by atoms with Gasteiger partial charge in [0.2, 0.25) is 0 Å². The molecule has 0 atom stereocenters. The Balaban J connectivity index is 1.55. The molecule has 0 fully saturated rings. The Morgan fingerprint density at radius 1 is 0.541 bits per heavy atom. The van der Waals surface area contributed by atoms with Crippen LogP contribution in [0.2, 0.25) is 0 Å². The summed E-state index contributed by atoms with van der Waals surface area (Å²) in [5.74, 6) is 2.56. The lowest BCUT2D eigenvalue weighted by Gasteiger charge is -2.44. The zero-order valence-corrected chi connectivity index (χ0v) is 20.4. The summed E-state index contributed by atoms with van der Waals surface area (Å²) in [5, 5.41) is 6.17. The molecular weight excluding hydrogens is 477 g/mol. The average Bonchev–Trinajstić information content (AvgIpc) is 2.93. The lowest BCUT2D eigenvalue weighted by atomic mass is 10.0. The molecule has 6 aromatic rings. The van der Waals surface area contributed by atoms with Crippen LogP contribution in [-0.4, -0.2) is 0 Å². The van der Waals surface area contributed by atoms with E-state index in [1.165, 1.54) is 0 Å². The van der Waals surface area contributed by atoms with Crippen LogP contribution in [0, 0.1) is 0 Å². The van der Waals surface area contributed by atoms with Gasteiger partial charge >= 0.3 is 0 Å². The highest BCUT2D eigenvalue weighted by atomic mass is 31.2. The topological polar surface area (TPSA) is 38.8 Å². The molecule has 0 aliphatic carbocycles. The molecule has 37 heavy (non-hydrogen) atoms. The van der Waals surface area contributed by atoms with Crippen LogP contribution >= 0.6 is 7.14 Å². The highest BCUT2D eigenvalue weighted by molar-refractivity contribution is 7.87. The van der Waals surface area contributed by atoms with Crippen LogP contribution in [0.1, 0.15) is 0 Å². The maximum atomic E-state index is 15.9. The highest BCUT2D eigenvalue weighted by Crippen LogP contribution is 2.66. The van der Waals surface area contributed by atoms with Gasteiger partial charge in [-0.2, -0.15) is 0 Å². The van der Waals surface area contributed by atoms with E-state index in [4.69, 9.17) is 9.47 Å². The number of benzene rings is 6. The summed E-state index contributed by atoms with van der Waals surface area (Å²) in [7, 11) is -3.34. The van der Waals surface area contributed by atoms with E-state index < -0.39 is 7.14 Å². The largest absolute Gasteiger partial charge is 0.455 e. The van der Waals surface area contributed by atoms with E-state index in [1.807, 2.05) is 60.7 Å². The third kappa shape index (κ3) is 2.28. The number of fused-ring (bicyclic) bond motifs is 4. The zero-order valence-electron chi connectivity index (χ0n) is 19.5. The van der Waals surface area contributed by atoms with Crippen molar-refractivity contribution in [2.24, 2.45) is 0 Å². The first-order valence-electron chi connectivity index (χ1n) is 12.3. The Morgan fingerprint density at radius 2 is 1.05 bits per heavy atom. The van der Waals surface area contributed by atoms with Gasteiger partial charge in [0.1, 0.15) is 28.3 Å². The lowest BCUT2D eigenvalue weighted by Crippen LogP contribution is -2.42. The molecule has 0 bridgehead atoms. The summed E-state index contributed by atoms with van der Waals surface area (Å²) in [6, 6.07) is 36.6. The van der Waals surface area contributed by atoms with E-state index in [0.717, 1.165) is 49.2 Å². The lowest BCUT2D eigenvalue weighted by molar-refractivity contribution is 0.466. The van der Waals surface area contributed by atoms with Gasteiger partial charge in [-0.15, -0.1) is 0 Å². The fourth-order valence-electron chi connectivity index (χ4n) is 6.25. The van der Waals surface area contributed by atoms with Crippen molar-refractivity contribution in [2.45, 2.75) is 0 Å². The first-order valence-corrected chi connectivity index (χ1v) is 14.0. The molecule has 174 valence electrons. The van der Waals surface area contributed by atoms with Gasteiger partial charge in [0.05, 0.1) is 22.0 Å². The molecule has 0 saturated carbocycles. The molecule has 0 amide bonds. The van der Waals surface area contributed by atoms with Crippen molar-refractivity contribution < 1.29 is 14.0 Å². The van der Waals surface area contributed by atoms with Crippen molar-refractivity contribution in [1.82, 2.24) is 0 Å². The van der Waals surface area contributed by atoms with E-state index in [0.29, 0.717) is 28.3 Å². The number of para-hydroxylation sites is 1. The average molecular weight is 495 g/mol. The summed E-state index contributed by atoms with van der Waals surface area (Å²) in [5.41, 5.74) is 2.77. The molecular formula is C32H18NO3P. The van der Waals surface area contributed by atoms with Gasteiger partial charge in [-0.3, -0.25) is 0 Å². The van der Waals surface area contributed by atoms with Gasteiger partial charge < -0.3 is 18.9 Å². The number of rotatable bonds is 1. The molecule has 3 aliphatic heterocycles. The summed E-state index contributed by atoms with van der Waals surface area (Å²) in [6.07, 6.45) is 0. The van der Waals surface area contributed by atoms with Crippen LogP contribution in [0.5, 0.6) is 23.0 Å². The highest BCUT2D eigenvalue weighted by Gasteiger charge is 2.53. The molecule has 5 heteroatoms. The van der Waals surface area contributed by atoms with Gasteiger partial charge in [-0.1, -0.05) is 72.8 Å². The summed E-state index contributed by atoms with van der Waals surface area (Å²) in [6.45, 7) is 0. The zero-order chi connectivity index (χ0) is 24.3. The second kappa shape index (κ2) is 6.61. The van der Waals surface area contributed by atoms with Gasteiger partial charge in [-0.25, -0.2) is 0 Å². The summed E-state index contributed by atoms with van der Waals surface area (Å²) < 4.78 is 29.1. The predicted molar refractivity (Wildman–Crippen MR) is 149 cm³/mol. The molecule has 4 nitrogen and oxygen atoms in total. The molecule has 6 aromatic carbocycles. The smallest absolute Gasteiger partial charge is 0.189 e. The van der Waals surface area contributed by atoms with E-state index in [2.05, 4.69) is 53.4 Å². The van der Waals surface area contributed by atoms with Gasteiger partial charge in [-0.05, 0) is 47.2 Å². The van der Waals surface area contributed by atoms with Crippen molar-refractivity contribution in [3.05, 3.63) is 109 Å². The SMILES string of the molecule is O=P12c3c4cccc3Oc3c1c(cc1ccccc31)N(c1ccccc1)c1cc3ccccc3c(c12)O4. The monoisotopic (exact) mass is 495 g/mol. The second-order valence-electron chi connectivity index (χ2n) is 9.68. The number of ether oxygens (including phenoxy) is 2. The number of hydrogen-bond acceptors (Lipinski definition) is 4. The van der Waals surface area contributed by atoms with Crippen molar-refractivity contribution in [3.63, 3.8) is 0 Å². The molecule has 0 spiro atoms. The molecule has 0 N–H and O–H groups in total. The maximum Gasteiger partial charge on any atom is 0.189 e. The van der Waals surface area contributed by atoms with Gasteiger partial charge in [0, 0.05) is 16.5 Å². The number of anilines is 3. The first kappa shape index (κ1) is 19.6. The summed E-state index contributed by atoms with van der Waals surface area (Å²) in [4.78, 5) is 2.22. The Bertz CT molecular complexity index is 1910. The van der Waals surface area contributed by atoms with Crippen LogP contribution in [0.25, 0.3) is 21.5 Å². The molecule has 9 rings (SSSR count). The standard InChI is InChI=1S/C32H18NO3P/c34-37-30-24-17-19-9-4-6-13-22(19)28(30)35-26-15-8-16-27(32(26)37)36-29-23-14-7-5-10-20(23)18-25(31(29)37)33(24)21-11-2-1-3-12-21/h1-18H. The van der Waals surface area contributed by atoms with Crippen molar-refractivity contribution in [2.75, 3.05) is 4.90 Å². The predicted octanol–water partition coefficient (Wildman–Crippen LogP) is 7.63. The van der Waals surface area contributed by atoms with Gasteiger partial charge in [0.15, 0.2) is 7.14 Å². The molecule has 0 unspecified atom stereocenters. The van der Waals surface area contributed by atoms with E-state index in [9.17, 15) is 0 Å². The summed E-state index contributed by atoms with van der Waals surface area (Å²) >= 11 is 0. The fraction of sp³-hybridized carbons (Fsp3) is 0. The number of nitrogens with zero attached hydrogens (tertiary/aromatic N) is 1. The minimum absolute atomic E-state index is 0.605. The molecule has 0 saturated heterocycles. The molecule has 3 aliphatic rings. The van der Waals surface area contributed by atoms with Crippen molar-refractivity contribution in [3.8, 4) is 23.0 Å². The third-order valence-electron chi connectivity index (χ3n) is 7.74. The Labute approximate surface area is 212 Å². The second-order valence-corrected chi connectivity index (χ2v) is 12.2. The van der Waals surface area contributed by atoms with Crippen LogP contribution in [0.4, 0.5) is 17.1 Å². The normalized spacial score (nSPS) is 15.2. The number of hydrogen-bond donors (Lipinski definition) is 0. The van der Waals surface area contributed by atoms with Crippen LogP contribution in [0.3, 0.4) is 0 Å². The maximum absolute atomic E-state index is 15.9. The molecule has 0 radical (unpaired) electrons. The van der Waals surface area contributed by atoms with E-state index in [1.54, 1.807) is 0 Å². The fourth-order valence-corrected chi connectivity index (χ4v) is 9.66. The van der Waals surface area contributed by atoms with Gasteiger partial charge in [0.25, 0.3) is 0 Å². The van der Waals surface area contributed by atoms with Crippen LogP contribution in [-0.2, 0) is 4.57 Å². The Morgan fingerprint density at radius 3 is 1.62 bits per heavy atom. The Hall–Kier alpha value is -4.53. The van der Waals surface area contributed by atoms with E-state index >= 15 is 4.57 Å². The molecule has 3 heterocycles. The van der Waals surface area contributed by atoms with Crippen LogP contribution < -0.4 is 30.3 Å².